The van der Waals surface area contributed by atoms with Crippen LogP contribution in [-0.2, 0) is 13.9 Å². The van der Waals surface area contributed by atoms with Gasteiger partial charge in [-0.15, -0.1) is 23.5 Å². The quantitative estimate of drug-likeness (QED) is 0.556. The molecule has 0 N–H and O–H groups in total. The lowest BCUT2D eigenvalue weighted by Crippen LogP contribution is -2.45. The van der Waals surface area contributed by atoms with Crippen LogP contribution in [0.4, 0.5) is 0 Å². The molecule has 0 aromatic carbocycles. The molecule has 0 saturated carbocycles. The summed E-state index contributed by atoms with van der Waals surface area (Å²) in [6, 6.07) is 0. The second-order valence-electron chi connectivity index (χ2n) is 8.95. The maximum Gasteiger partial charge on any atom is 0.192 e. The highest BCUT2D eigenvalue weighted by molar-refractivity contribution is 8.17. The molecule has 2 aliphatic heterocycles. The van der Waals surface area contributed by atoms with E-state index in [0.717, 1.165) is 12.8 Å². The molecule has 0 bridgehead atoms. The van der Waals surface area contributed by atoms with Crippen LogP contribution >= 0.6 is 23.5 Å². The van der Waals surface area contributed by atoms with Crippen LogP contribution in [0.5, 0.6) is 0 Å². The molecule has 2 heterocycles. The molecule has 2 atom stereocenters. The average molecular weight is 393 g/mol. The van der Waals surface area contributed by atoms with E-state index in [4.69, 9.17) is 13.9 Å². The maximum atomic E-state index is 6.81. The molecule has 3 nitrogen and oxygen atoms in total. The molecule has 2 fully saturated rings. The Bertz CT molecular complexity index is 404. The fourth-order valence-electron chi connectivity index (χ4n) is 2.85. The van der Waals surface area contributed by atoms with Gasteiger partial charge in [-0.1, -0.05) is 20.8 Å². The summed E-state index contributed by atoms with van der Waals surface area (Å²) >= 11 is 4.22. The summed E-state index contributed by atoms with van der Waals surface area (Å²) in [5.41, 5.74) is 0. The van der Waals surface area contributed by atoms with Gasteiger partial charge in [0.2, 0.25) is 0 Å². The SMILES string of the molecule is CC1(C)OC[C@H](C[C@@H](CC2SCCCS2)O[Si](C)(C)C(C)(C)C)O1. The number of hydrogen-bond acceptors (Lipinski definition) is 5. The van der Waals surface area contributed by atoms with Crippen molar-refractivity contribution >= 4 is 31.8 Å². The number of rotatable bonds is 6. The summed E-state index contributed by atoms with van der Waals surface area (Å²) in [6.45, 7) is 16.4. The summed E-state index contributed by atoms with van der Waals surface area (Å²) in [7, 11) is -1.78. The normalized spacial score (nSPS) is 27.4. The molecule has 2 rings (SSSR count). The van der Waals surface area contributed by atoms with E-state index in [-0.39, 0.29) is 17.2 Å². The van der Waals surface area contributed by atoms with E-state index in [2.05, 4.69) is 57.4 Å². The van der Waals surface area contributed by atoms with Gasteiger partial charge in [0.05, 0.1) is 17.3 Å². The van der Waals surface area contributed by atoms with Gasteiger partial charge in [0.15, 0.2) is 14.1 Å². The molecular weight excluding hydrogens is 356 g/mol. The van der Waals surface area contributed by atoms with E-state index < -0.39 is 14.1 Å². The highest BCUT2D eigenvalue weighted by Gasteiger charge is 2.41. The molecule has 0 amide bonds. The van der Waals surface area contributed by atoms with Crippen LogP contribution in [0.25, 0.3) is 0 Å². The second kappa shape index (κ2) is 8.22. The molecule has 0 aliphatic carbocycles. The molecule has 24 heavy (non-hydrogen) atoms. The smallest absolute Gasteiger partial charge is 0.192 e. The first-order valence-corrected chi connectivity index (χ1v) is 14.2. The molecule has 0 aromatic heterocycles. The minimum atomic E-state index is -1.78. The summed E-state index contributed by atoms with van der Waals surface area (Å²) in [4.78, 5) is 0. The highest BCUT2D eigenvalue weighted by atomic mass is 32.2. The Kier molecular flexibility index (Phi) is 7.22. The zero-order chi connectivity index (χ0) is 18.0. The van der Waals surface area contributed by atoms with Crippen molar-refractivity contribution in [2.75, 3.05) is 18.1 Å². The van der Waals surface area contributed by atoms with Gasteiger partial charge in [0.1, 0.15) is 0 Å². The maximum absolute atomic E-state index is 6.81. The van der Waals surface area contributed by atoms with E-state index in [1.165, 1.54) is 17.9 Å². The van der Waals surface area contributed by atoms with Gasteiger partial charge in [0, 0.05) is 12.5 Å². The van der Waals surface area contributed by atoms with Gasteiger partial charge in [-0.2, -0.15) is 0 Å². The predicted molar refractivity (Wildman–Crippen MR) is 110 cm³/mol. The number of ether oxygens (including phenoxy) is 2. The fraction of sp³-hybridized carbons (Fsp3) is 1.00. The fourth-order valence-corrected chi connectivity index (χ4v) is 7.22. The first kappa shape index (κ1) is 21.1. The zero-order valence-electron chi connectivity index (χ0n) is 16.5. The summed E-state index contributed by atoms with van der Waals surface area (Å²) in [5, 5.41) is 0.240. The van der Waals surface area contributed by atoms with Crippen LogP contribution in [0, 0.1) is 0 Å². The molecule has 0 spiro atoms. The van der Waals surface area contributed by atoms with Crippen molar-refractivity contribution in [2.24, 2.45) is 0 Å². The number of thioether (sulfide) groups is 2. The molecule has 2 aliphatic rings. The largest absolute Gasteiger partial charge is 0.414 e. The van der Waals surface area contributed by atoms with E-state index in [9.17, 15) is 0 Å². The molecule has 142 valence electrons. The Morgan fingerprint density at radius 3 is 2.29 bits per heavy atom. The van der Waals surface area contributed by atoms with Crippen LogP contribution in [0.2, 0.25) is 18.1 Å². The third-order valence-corrected chi connectivity index (χ3v) is 12.7. The third kappa shape index (κ3) is 6.20. The summed E-state index contributed by atoms with van der Waals surface area (Å²) in [5.74, 6) is 2.14. The predicted octanol–water partition coefficient (Wildman–Crippen LogP) is 5.50. The van der Waals surface area contributed by atoms with Crippen molar-refractivity contribution < 1.29 is 13.9 Å². The molecule has 2 saturated heterocycles. The van der Waals surface area contributed by atoms with E-state index in [1.54, 1.807) is 0 Å². The van der Waals surface area contributed by atoms with Crippen molar-refractivity contribution in [3.8, 4) is 0 Å². The second-order valence-corrected chi connectivity index (χ2v) is 16.6. The third-order valence-electron chi connectivity index (χ3n) is 5.21. The van der Waals surface area contributed by atoms with Gasteiger partial charge >= 0.3 is 0 Å². The minimum Gasteiger partial charge on any atom is -0.414 e. The number of hydrogen-bond donors (Lipinski definition) is 0. The lowest BCUT2D eigenvalue weighted by Gasteiger charge is -2.40. The lowest BCUT2D eigenvalue weighted by molar-refractivity contribution is -0.141. The molecular formula is C18H36O3S2Si. The first-order chi connectivity index (χ1) is 11.0. The van der Waals surface area contributed by atoms with Crippen molar-refractivity contribution in [3.63, 3.8) is 0 Å². The highest BCUT2D eigenvalue weighted by Crippen LogP contribution is 2.41. The van der Waals surface area contributed by atoms with Gasteiger partial charge in [-0.3, -0.25) is 0 Å². The molecule has 6 heteroatoms. The van der Waals surface area contributed by atoms with Crippen molar-refractivity contribution in [1.82, 2.24) is 0 Å². The van der Waals surface area contributed by atoms with Crippen molar-refractivity contribution in [2.45, 2.75) is 94.6 Å². The monoisotopic (exact) mass is 392 g/mol. The topological polar surface area (TPSA) is 27.7 Å². The molecule has 0 aromatic rings. The summed E-state index contributed by atoms with van der Waals surface area (Å²) in [6.07, 6.45) is 3.85. The Morgan fingerprint density at radius 1 is 1.17 bits per heavy atom. The van der Waals surface area contributed by atoms with Crippen LogP contribution in [0.1, 0.15) is 53.9 Å². The van der Waals surface area contributed by atoms with Gasteiger partial charge in [-0.25, -0.2) is 0 Å². The summed E-state index contributed by atoms with van der Waals surface area (Å²) < 4.78 is 19.3. The van der Waals surface area contributed by atoms with E-state index in [0.29, 0.717) is 11.2 Å². The van der Waals surface area contributed by atoms with Crippen LogP contribution < -0.4 is 0 Å². The van der Waals surface area contributed by atoms with Gasteiger partial charge in [0.25, 0.3) is 0 Å². The van der Waals surface area contributed by atoms with Crippen molar-refractivity contribution in [3.05, 3.63) is 0 Å². The average Bonchev–Trinajstić information content (AvgIpc) is 2.77. The van der Waals surface area contributed by atoms with Crippen LogP contribution in [0.3, 0.4) is 0 Å². The Balaban J connectivity index is 2.00. The zero-order valence-corrected chi connectivity index (χ0v) is 19.1. The minimum absolute atomic E-state index is 0.161. The first-order valence-electron chi connectivity index (χ1n) is 9.21. The Morgan fingerprint density at radius 2 is 1.79 bits per heavy atom. The van der Waals surface area contributed by atoms with Crippen LogP contribution in [0.15, 0.2) is 0 Å². The van der Waals surface area contributed by atoms with Crippen molar-refractivity contribution in [1.29, 1.82) is 0 Å². The Hall–Kier alpha value is 0.797. The van der Waals surface area contributed by atoms with Crippen LogP contribution in [-0.4, -0.2) is 49.0 Å². The Labute approximate surface area is 158 Å². The molecule has 0 radical (unpaired) electrons. The van der Waals surface area contributed by atoms with Gasteiger partial charge in [-0.05, 0) is 56.3 Å². The lowest BCUT2D eigenvalue weighted by atomic mass is 10.1. The van der Waals surface area contributed by atoms with E-state index >= 15 is 0 Å². The standard InChI is InChI=1S/C18H36O3S2Si/c1-17(2,3)24(6,7)21-14(12-16-22-9-8-10-23-16)11-15-13-19-18(4,5)20-15/h14-16H,8-13H2,1-7H3/t14-,15-/m0/s1. The van der Waals surface area contributed by atoms with Gasteiger partial charge < -0.3 is 13.9 Å². The molecule has 0 unspecified atom stereocenters. The van der Waals surface area contributed by atoms with E-state index in [1.807, 2.05) is 13.8 Å².